The number of esters is 1. The van der Waals surface area contributed by atoms with Crippen molar-refractivity contribution >= 4 is 52.6 Å². The van der Waals surface area contributed by atoms with Crippen LogP contribution in [-0.2, 0) is 20.0 Å². The third kappa shape index (κ3) is 10.1. The normalized spacial score (nSPS) is 11.7. The van der Waals surface area contributed by atoms with Gasteiger partial charge < -0.3 is 25.3 Å². The molecule has 0 aliphatic rings. The summed E-state index contributed by atoms with van der Waals surface area (Å²) < 4.78 is 16.3. The molecule has 11 nitrogen and oxygen atoms in total. The van der Waals surface area contributed by atoms with Gasteiger partial charge in [0, 0.05) is 27.3 Å². The zero-order valence-corrected chi connectivity index (χ0v) is 30.0. The van der Waals surface area contributed by atoms with E-state index < -0.39 is 23.7 Å². The first-order chi connectivity index (χ1) is 23.3. The first kappa shape index (κ1) is 37.0. The highest BCUT2D eigenvalue weighted by Crippen LogP contribution is 2.37. The van der Waals surface area contributed by atoms with Crippen LogP contribution in [0, 0.1) is 28.6 Å². The molecule has 0 spiro atoms. The molecule has 1 atom stereocenters. The first-order valence-electron chi connectivity index (χ1n) is 15.2. The van der Waals surface area contributed by atoms with E-state index in [1.807, 2.05) is 29.6 Å². The molecular formula is C35H35ClN6O5S2. The fraction of sp³-hybridized carbons (Fsp3) is 0.314. The Hall–Kier alpha value is -4.82. The number of anilines is 1. The van der Waals surface area contributed by atoms with Gasteiger partial charge in [-0.15, -0.1) is 11.3 Å². The standard InChI is InChI=1S/C35H35ClN6O5S2/c1-20(2)29(41-34(44)47-35(3,4)5)33(43)46-15-14-45-25-12-8-21(9-13-25)28-26(16-37)30(39)42-32(27(28)17-38)49-19-24-18-48-31(40-24)22-6-10-23(36)11-7-22/h6-13,18,20,29H,14-15,19H2,1-5H3,(H2,39,42)(H,41,44)/t29-/m0/s1. The average Bonchev–Trinajstić information content (AvgIpc) is 3.53. The average molecular weight is 719 g/mol. The van der Waals surface area contributed by atoms with Crippen molar-refractivity contribution in [3.8, 4) is 39.6 Å². The lowest BCUT2D eigenvalue weighted by atomic mass is 9.97. The molecule has 4 rings (SSSR count). The minimum absolute atomic E-state index is 0.0159. The van der Waals surface area contributed by atoms with Crippen molar-refractivity contribution in [1.29, 1.82) is 10.5 Å². The van der Waals surface area contributed by atoms with E-state index in [0.717, 1.165) is 16.3 Å². The van der Waals surface area contributed by atoms with Crippen LogP contribution in [0.5, 0.6) is 5.75 Å². The second kappa shape index (κ2) is 16.5. The fourth-order valence-electron chi connectivity index (χ4n) is 4.47. The third-order valence-corrected chi connectivity index (χ3v) is 8.95. The van der Waals surface area contributed by atoms with Crippen molar-refractivity contribution in [1.82, 2.24) is 15.3 Å². The number of halogens is 1. The number of nitriles is 2. The van der Waals surface area contributed by atoms with Crippen molar-refractivity contribution in [3.63, 3.8) is 0 Å². The number of pyridine rings is 1. The molecule has 0 saturated carbocycles. The lowest BCUT2D eigenvalue weighted by Gasteiger charge is -2.24. The number of aromatic nitrogens is 2. The lowest BCUT2D eigenvalue weighted by Crippen LogP contribution is -2.47. The number of thiazole rings is 1. The topological polar surface area (TPSA) is 173 Å². The van der Waals surface area contributed by atoms with E-state index in [1.165, 1.54) is 23.1 Å². The number of thioether (sulfide) groups is 1. The van der Waals surface area contributed by atoms with E-state index in [-0.39, 0.29) is 36.1 Å². The Bertz CT molecular complexity index is 1880. The number of nitrogens with two attached hydrogens (primary N) is 1. The highest BCUT2D eigenvalue weighted by molar-refractivity contribution is 7.98. The molecular weight excluding hydrogens is 684 g/mol. The smallest absolute Gasteiger partial charge is 0.408 e. The SMILES string of the molecule is CC(C)[C@H](NC(=O)OC(C)(C)C)C(=O)OCCOc1ccc(-c2c(C#N)c(N)nc(SCc3csc(-c4ccc(Cl)cc4)n3)c2C#N)cc1. The van der Waals surface area contributed by atoms with Gasteiger partial charge in [0.2, 0.25) is 0 Å². The van der Waals surface area contributed by atoms with E-state index in [2.05, 4.69) is 22.4 Å². The van der Waals surface area contributed by atoms with E-state index in [1.54, 1.807) is 58.9 Å². The molecule has 14 heteroatoms. The van der Waals surface area contributed by atoms with Crippen LogP contribution >= 0.6 is 34.7 Å². The predicted molar refractivity (Wildman–Crippen MR) is 190 cm³/mol. The number of amides is 1. The van der Waals surface area contributed by atoms with Gasteiger partial charge in [0.25, 0.3) is 0 Å². The maximum Gasteiger partial charge on any atom is 0.408 e. The quantitative estimate of drug-likeness (QED) is 0.0838. The zero-order valence-electron chi connectivity index (χ0n) is 27.6. The second-order valence-corrected chi connectivity index (χ2v) is 14.3. The van der Waals surface area contributed by atoms with Crippen LogP contribution in [0.4, 0.5) is 10.6 Å². The van der Waals surface area contributed by atoms with Gasteiger partial charge in [-0.05, 0) is 56.5 Å². The molecule has 0 aliphatic heterocycles. The van der Waals surface area contributed by atoms with Gasteiger partial charge in [-0.3, -0.25) is 0 Å². The van der Waals surface area contributed by atoms with Gasteiger partial charge in [0.15, 0.2) is 0 Å². The number of benzene rings is 2. The maximum absolute atomic E-state index is 12.6. The Morgan fingerprint density at radius 2 is 1.65 bits per heavy atom. The Kier molecular flexibility index (Phi) is 12.5. The number of hydrogen-bond donors (Lipinski definition) is 2. The number of nitrogens with zero attached hydrogens (tertiary/aromatic N) is 4. The number of ether oxygens (including phenoxy) is 3. The monoisotopic (exact) mass is 718 g/mol. The van der Waals surface area contributed by atoms with Crippen LogP contribution in [0.15, 0.2) is 58.9 Å². The summed E-state index contributed by atoms with van der Waals surface area (Å²) >= 11 is 8.82. The molecule has 0 fully saturated rings. The van der Waals surface area contributed by atoms with E-state index >= 15 is 0 Å². The van der Waals surface area contributed by atoms with Crippen LogP contribution in [0.1, 0.15) is 51.4 Å². The van der Waals surface area contributed by atoms with Gasteiger partial charge in [0.05, 0.1) is 11.3 Å². The molecule has 2 heterocycles. The predicted octanol–water partition coefficient (Wildman–Crippen LogP) is 7.61. The number of carbonyl (C=O) groups excluding carboxylic acids is 2. The molecule has 1 amide bonds. The van der Waals surface area contributed by atoms with Gasteiger partial charge in [-0.25, -0.2) is 19.6 Å². The summed E-state index contributed by atoms with van der Waals surface area (Å²) in [6.45, 7) is 8.77. The maximum atomic E-state index is 12.6. The molecule has 2 aromatic heterocycles. The number of alkyl carbamates (subject to hydrolysis) is 1. The Morgan fingerprint density at radius 3 is 2.27 bits per heavy atom. The Balaban J connectivity index is 1.41. The van der Waals surface area contributed by atoms with Crippen LogP contribution < -0.4 is 15.8 Å². The number of nitrogens with one attached hydrogen (secondary N) is 1. The highest BCUT2D eigenvalue weighted by atomic mass is 35.5. The van der Waals surface area contributed by atoms with Crippen molar-refractivity contribution in [2.45, 2.75) is 57.0 Å². The third-order valence-electron chi connectivity index (χ3n) is 6.75. The van der Waals surface area contributed by atoms with Crippen molar-refractivity contribution in [2.24, 2.45) is 5.92 Å². The van der Waals surface area contributed by atoms with Crippen molar-refractivity contribution < 1.29 is 23.8 Å². The van der Waals surface area contributed by atoms with Gasteiger partial charge in [-0.1, -0.05) is 61.5 Å². The van der Waals surface area contributed by atoms with Crippen molar-refractivity contribution in [2.75, 3.05) is 18.9 Å². The summed E-state index contributed by atoms with van der Waals surface area (Å²) in [7, 11) is 0. The van der Waals surface area contributed by atoms with Gasteiger partial charge >= 0.3 is 12.1 Å². The van der Waals surface area contributed by atoms with Crippen LogP contribution in [0.3, 0.4) is 0 Å². The van der Waals surface area contributed by atoms with E-state index in [4.69, 9.17) is 36.5 Å². The molecule has 3 N–H and O–H groups in total. The zero-order chi connectivity index (χ0) is 35.7. The second-order valence-electron chi connectivity index (χ2n) is 12.0. The minimum atomic E-state index is -0.887. The Morgan fingerprint density at radius 1 is 1.00 bits per heavy atom. The molecule has 2 aromatic carbocycles. The number of hydrogen-bond acceptors (Lipinski definition) is 12. The Labute approximate surface area is 298 Å². The summed E-state index contributed by atoms with van der Waals surface area (Å²) in [5.41, 5.74) is 8.53. The molecule has 254 valence electrons. The summed E-state index contributed by atoms with van der Waals surface area (Å²) in [5.74, 6) is 0.0890. The summed E-state index contributed by atoms with van der Waals surface area (Å²) in [5, 5.41) is 26.5. The van der Waals surface area contributed by atoms with Crippen LogP contribution in [0.25, 0.3) is 21.7 Å². The molecule has 49 heavy (non-hydrogen) atoms. The minimum Gasteiger partial charge on any atom is -0.490 e. The molecule has 0 saturated heterocycles. The van der Waals surface area contributed by atoms with E-state index in [0.29, 0.717) is 32.7 Å². The summed E-state index contributed by atoms with van der Waals surface area (Å²) in [6.07, 6.45) is -0.705. The van der Waals surface area contributed by atoms with Gasteiger partial charge in [0.1, 0.15) is 64.2 Å². The van der Waals surface area contributed by atoms with E-state index in [9.17, 15) is 20.1 Å². The number of nitrogen functional groups attached to an aromatic ring is 1. The largest absolute Gasteiger partial charge is 0.490 e. The van der Waals surface area contributed by atoms with Crippen molar-refractivity contribution in [3.05, 3.63) is 75.8 Å². The fourth-order valence-corrected chi connectivity index (χ4v) is 6.42. The summed E-state index contributed by atoms with van der Waals surface area (Å²) in [4.78, 5) is 33.9. The van der Waals surface area contributed by atoms with Crippen LogP contribution in [0.2, 0.25) is 5.02 Å². The molecule has 0 bridgehead atoms. The first-order valence-corrected chi connectivity index (χ1v) is 17.4. The molecule has 0 radical (unpaired) electrons. The van der Waals surface area contributed by atoms with Crippen LogP contribution in [-0.4, -0.2) is 46.9 Å². The number of carbonyl (C=O) groups is 2. The molecule has 0 unspecified atom stereocenters. The number of rotatable bonds is 12. The van der Waals surface area contributed by atoms with Gasteiger partial charge in [-0.2, -0.15) is 10.5 Å². The molecule has 4 aromatic rings. The lowest BCUT2D eigenvalue weighted by molar-refractivity contribution is -0.148. The highest BCUT2D eigenvalue weighted by Gasteiger charge is 2.28. The summed E-state index contributed by atoms with van der Waals surface area (Å²) in [6, 6.07) is 17.6. The molecule has 0 aliphatic carbocycles.